The monoisotopic (exact) mass is 564 g/mol. The lowest BCUT2D eigenvalue weighted by Crippen LogP contribution is -2.40. The number of carbonyl (C=O) groups is 2. The molecule has 0 saturated carbocycles. The lowest BCUT2D eigenvalue weighted by atomic mass is 9.95. The molecule has 0 spiro atoms. The molecule has 1 aliphatic rings. The Morgan fingerprint density at radius 2 is 1.82 bits per heavy atom. The van der Waals surface area contributed by atoms with E-state index >= 15 is 0 Å². The average molecular weight is 565 g/mol. The van der Waals surface area contributed by atoms with Crippen molar-refractivity contribution in [2.24, 2.45) is 4.99 Å². The first kappa shape index (κ1) is 28.8. The number of thiazole rings is 1. The van der Waals surface area contributed by atoms with E-state index in [1.165, 1.54) is 22.8 Å². The van der Waals surface area contributed by atoms with Gasteiger partial charge in [0.2, 0.25) is 0 Å². The number of esters is 2. The highest BCUT2D eigenvalue weighted by Crippen LogP contribution is 2.36. The molecular formula is C30H32N2O7S. The summed E-state index contributed by atoms with van der Waals surface area (Å²) >= 11 is 1.21. The molecule has 2 aromatic carbocycles. The molecule has 1 atom stereocenters. The average Bonchev–Trinajstić information content (AvgIpc) is 3.19. The van der Waals surface area contributed by atoms with Crippen LogP contribution in [0.2, 0.25) is 0 Å². The van der Waals surface area contributed by atoms with E-state index in [0.29, 0.717) is 50.0 Å². The van der Waals surface area contributed by atoms with Crippen LogP contribution in [0.3, 0.4) is 0 Å². The highest BCUT2D eigenvalue weighted by molar-refractivity contribution is 7.07. The normalized spacial score (nSPS) is 15.0. The number of allylic oxidation sites excluding steroid dienone is 1. The first-order valence-corrected chi connectivity index (χ1v) is 13.9. The number of nitrogens with zero attached hydrogens (tertiary/aromatic N) is 2. The van der Waals surface area contributed by atoms with Crippen molar-refractivity contribution in [3.05, 3.63) is 84.5 Å². The summed E-state index contributed by atoms with van der Waals surface area (Å²) in [5, 5.41) is 0. The molecule has 40 heavy (non-hydrogen) atoms. The summed E-state index contributed by atoms with van der Waals surface area (Å²) in [6, 6.07) is 11.6. The number of aromatic nitrogens is 1. The van der Waals surface area contributed by atoms with Gasteiger partial charge in [-0.15, -0.1) is 0 Å². The molecule has 10 heteroatoms. The van der Waals surface area contributed by atoms with Gasteiger partial charge in [-0.3, -0.25) is 14.2 Å². The maximum atomic E-state index is 14.0. The van der Waals surface area contributed by atoms with Gasteiger partial charge < -0.3 is 18.9 Å². The van der Waals surface area contributed by atoms with Gasteiger partial charge in [-0.2, -0.15) is 0 Å². The zero-order chi connectivity index (χ0) is 29.0. The first-order chi connectivity index (χ1) is 19.1. The van der Waals surface area contributed by atoms with Crippen molar-refractivity contribution >= 4 is 29.4 Å². The lowest BCUT2D eigenvalue weighted by molar-refractivity contribution is -0.139. The summed E-state index contributed by atoms with van der Waals surface area (Å²) in [7, 11) is 0. The summed E-state index contributed by atoms with van der Waals surface area (Å²) < 4.78 is 24.3. The quantitative estimate of drug-likeness (QED) is 0.287. The SMILES string of the molecule is CCOC(=O)C1=C(C)N=c2sc(=Cc3ccc(OC(C)=O)c(OCC)c3)c(=O)n2C1c1ccccc1OC(C)C. The van der Waals surface area contributed by atoms with Crippen LogP contribution in [-0.2, 0) is 14.3 Å². The van der Waals surface area contributed by atoms with Crippen LogP contribution in [0.15, 0.2) is 63.5 Å². The zero-order valence-electron chi connectivity index (χ0n) is 23.3. The highest BCUT2D eigenvalue weighted by Gasteiger charge is 2.35. The molecular weight excluding hydrogens is 532 g/mol. The van der Waals surface area contributed by atoms with Crippen LogP contribution < -0.4 is 29.1 Å². The fraction of sp³-hybridized carbons (Fsp3) is 0.333. The molecule has 0 radical (unpaired) electrons. The third-order valence-corrected chi connectivity index (χ3v) is 6.90. The third-order valence-electron chi connectivity index (χ3n) is 5.91. The summed E-state index contributed by atoms with van der Waals surface area (Å²) in [5.74, 6) is 0.249. The molecule has 0 saturated heterocycles. The van der Waals surface area contributed by atoms with Crippen molar-refractivity contribution < 1.29 is 28.5 Å². The number of fused-ring (bicyclic) bond motifs is 1. The summed E-state index contributed by atoms with van der Waals surface area (Å²) in [6.45, 7) is 11.0. The minimum atomic E-state index is -0.794. The van der Waals surface area contributed by atoms with Gasteiger partial charge in [-0.05, 0) is 64.5 Å². The molecule has 4 rings (SSSR count). The Bertz CT molecular complexity index is 1650. The number of hydrogen-bond donors (Lipinski definition) is 0. The van der Waals surface area contributed by atoms with Crippen LogP contribution in [0.1, 0.15) is 58.7 Å². The molecule has 0 amide bonds. The van der Waals surface area contributed by atoms with Crippen LogP contribution in [0.25, 0.3) is 6.08 Å². The standard InChI is InChI=1S/C30H32N2O7S/c1-7-36-24-15-20(13-14-23(24)39-19(6)33)16-25-28(34)32-27(21-11-9-10-12-22(21)38-17(3)4)26(29(35)37-8-2)18(5)31-30(32)40-25/h9-17,27H,7-8H2,1-6H3. The molecule has 0 aliphatic carbocycles. The molecule has 0 bridgehead atoms. The molecule has 1 aromatic heterocycles. The van der Waals surface area contributed by atoms with Crippen molar-refractivity contribution in [2.45, 2.75) is 53.7 Å². The van der Waals surface area contributed by atoms with E-state index in [-0.39, 0.29) is 23.8 Å². The van der Waals surface area contributed by atoms with Crippen LogP contribution in [0.4, 0.5) is 0 Å². The number of carbonyl (C=O) groups excluding carboxylic acids is 2. The summed E-state index contributed by atoms with van der Waals surface area (Å²) in [5.41, 5.74) is 1.77. The van der Waals surface area contributed by atoms with Crippen molar-refractivity contribution in [3.63, 3.8) is 0 Å². The predicted molar refractivity (Wildman–Crippen MR) is 152 cm³/mol. The van der Waals surface area contributed by atoms with Crippen LogP contribution in [0, 0.1) is 0 Å². The minimum absolute atomic E-state index is 0.123. The van der Waals surface area contributed by atoms with Gasteiger partial charge in [-0.1, -0.05) is 35.6 Å². The molecule has 3 aromatic rings. The van der Waals surface area contributed by atoms with Gasteiger partial charge >= 0.3 is 11.9 Å². The smallest absolute Gasteiger partial charge is 0.338 e. The Hall–Kier alpha value is -4.18. The lowest BCUT2D eigenvalue weighted by Gasteiger charge is -2.26. The Labute approximate surface area is 236 Å². The van der Waals surface area contributed by atoms with Gasteiger partial charge in [0.25, 0.3) is 5.56 Å². The highest BCUT2D eigenvalue weighted by atomic mass is 32.1. The van der Waals surface area contributed by atoms with E-state index in [2.05, 4.69) is 4.99 Å². The Morgan fingerprint density at radius 3 is 2.50 bits per heavy atom. The number of rotatable bonds is 9. The van der Waals surface area contributed by atoms with Crippen LogP contribution >= 0.6 is 11.3 Å². The minimum Gasteiger partial charge on any atom is -0.491 e. The van der Waals surface area contributed by atoms with E-state index in [1.807, 2.05) is 45.0 Å². The van der Waals surface area contributed by atoms with Gasteiger partial charge in [0, 0.05) is 12.5 Å². The molecule has 2 heterocycles. The fourth-order valence-corrected chi connectivity index (χ4v) is 5.47. The Morgan fingerprint density at radius 1 is 1.07 bits per heavy atom. The number of benzene rings is 2. The van der Waals surface area contributed by atoms with Gasteiger partial charge in [0.15, 0.2) is 16.3 Å². The number of hydrogen-bond acceptors (Lipinski definition) is 9. The van der Waals surface area contributed by atoms with E-state index in [0.717, 1.165) is 0 Å². The van der Waals surface area contributed by atoms with Gasteiger partial charge in [0.05, 0.1) is 35.1 Å². The van der Waals surface area contributed by atoms with E-state index in [1.54, 1.807) is 38.1 Å². The topological polar surface area (TPSA) is 105 Å². The number of ether oxygens (including phenoxy) is 4. The van der Waals surface area contributed by atoms with Crippen molar-refractivity contribution in [3.8, 4) is 17.2 Å². The molecule has 9 nitrogen and oxygen atoms in total. The third kappa shape index (κ3) is 6.02. The molecule has 0 N–H and O–H groups in total. The second-order valence-electron chi connectivity index (χ2n) is 9.24. The second-order valence-corrected chi connectivity index (χ2v) is 10.2. The molecule has 1 aliphatic heterocycles. The van der Waals surface area contributed by atoms with Crippen LogP contribution in [-0.4, -0.2) is 35.8 Å². The van der Waals surface area contributed by atoms with E-state index < -0.39 is 18.0 Å². The van der Waals surface area contributed by atoms with Crippen molar-refractivity contribution in [1.82, 2.24) is 4.57 Å². The molecule has 0 fully saturated rings. The van der Waals surface area contributed by atoms with E-state index in [9.17, 15) is 14.4 Å². The Balaban J connectivity index is 1.92. The van der Waals surface area contributed by atoms with Crippen molar-refractivity contribution in [1.29, 1.82) is 0 Å². The van der Waals surface area contributed by atoms with Gasteiger partial charge in [-0.25, -0.2) is 9.79 Å². The predicted octanol–water partition coefficient (Wildman–Crippen LogP) is 3.91. The second kappa shape index (κ2) is 12.3. The molecule has 210 valence electrons. The van der Waals surface area contributed by atoms with Gasteiger partial charge in [0.1, 0.15) is 11.8 Å². The maximum absolute atomic E-state index is 14.0. The largest absolute Gasteiger partial charge is 0.491 e. The van der Waals surface area contributed by atoms with Crippen molar-refractivity contribution in [2.75, 3.05) is 13.2 Å². The number of para-hydroxylation sites is 1. The summed E-state index contributed by atoms with van der Waals surface area (Å²) in [6.07, 6.45) is 1.60. The first-order valence-electron chi connectivity index (χ1n) is 13.0. The fourth-order valence-electron chi connectivity index (χ4n) is 4.43. The Kier molecular flexibility index (Phi) is 8.89. The van der Waals surface area contributed by atoms with Crippen LogP contribution in [0.5, 0.6) is 17.2 Å². The van der Waals surface area contributed by atoms with E-state index in [4.69, 9.17) is 18.9 Å². The zero-order valence-corrected chi connectivity index (χ0v) is 24.2. The molecule has 1 unspecified atom stereocenters. The summed E-state index contributed by atoms with van der Waals surface area (Å²) in [4.78, 5) is 43.7. The maximum Gasteiger partial charge on any atom is 0.338 e.